The van der Waals surface area contributed by atoms with Crippen molar-refractivity contribution in [3.63, 3.8) is 0 Å². The molecule has 9 heteroatoms. The first-order valence-electron chi connectivity index (χ1n) is 11.8. The highest BCUT2D eigenvalue weighted by Gasteiger charge is 2.31. The van der Waals surface area contributed by atoms with E-state index in [0.717, 1.165) is 31.4 Å². The zero-order valence-corrected chi connectivity index (χ0v) is 20.1. The summed E-state index contributed by atoms with van der Waals surface area (Å²) < 4.78 is 56.9. The quantitative estimate of drug-likeness (QED) is 0.368. The maximum atomic E-state index is 13.0. The second-order valence-corrected chi connectivity index (χ2v) is 9.05. The number of carboxylic acids is 1. The van der Waals surface area contributed by atoms with Crippen LogP contribution in [0.15, 0.2) is 46.9 Å². The smallest absolute Gasteiger partial charge is 0.416 e. The topological polar surface area (TPSA) is 81.8 Å². The van der Waals surface area contributed by atoms with E-state index in [0.29, 0.717) is 29.0 Å². The number of benzene rings is 2. The Hall–Kier alpha value is -3.17. The molecule has 1 saturated carbocycles. The van der Waals surface area contributed by atoms with Gasteiger partial charge in [0.15, 0.2) is 0 Å². The lowest BCUT2D eigenvalue weighted by molar-refractivity contribution is -0.137. The summed E-state index contributed by atoms with van der Waals surface area (Å²) in [7, 11) is 0. The molecule has 0 aliphatic heterocycles. The number of nitrogens with zero attached hydrogens (tertiary/aromatic N) is 1. The molecule has 1 aliphatic carbocycles. The second kappa shape index (κ2) is 10.8. The molecule has 0 unspecified atom stereocenters. The van der Waals surface area contributed by atoms with Crippen LogP contribution in [0.3, 0.4) is 0 Å². The predicted octanol–water partition coefficient (Wildman–Crippen LogP) is 6.72. The lowest BCUT2D eigenvalue weighted by atomic mass is 9.94. The highest BCUT2D eigenvalue weighted by atomic mass is 19.4. The monoisotopic (exact) mass is 503 g/mol. The summed E-state index contributed by atoms with van der Waals surface area (Å²) in [6.07, 6.45) is -1.32. The molecule has 1 N–H and O–H groups in total. The average molecular weight is 504 g/mol. The van der Waals surface area contributed by atoms with Gasteiger partial charge in [-0.05, 0) is 68.9 Å². The van der Waals surface area contributed by atoms with Crippen LogP contribution in [0.25, 0.3) is 11.5 Å². The minimum atomic E-state index is -4.45. The van der Waals surface area contributed by atoms with Crippen LogP contribution in [0.1, 0.15) is 64.2 Å². The van der Waals surface area contributed by atoms with Gasteiger partial charge in [0.05, 0.1) is 36.5 Å². The Balaban J connectivity index is 1.35. The number of hydrogen-bond donors (Lipinski definition) is 1. The summed E-state index contributed by atoms with van der Waals surface area (Å²) in [6, 6.07) is 10.2. The van der Waals surface area contributed by atoms with Gasteiger partial charge in [-0.3, -0.25) is 0 Å². The van der Waals surface area contributed by atoms with Gasteiger partial charge in [0.1, 0.15) is 11.5 Å². The molecule has 0 amide bonds. The lowest BCUT2D eigenvalue weighted by Gasteiger charge is -2.29. The molecular weight excluding hydrogens is 475 g/mol. The van der Waals surface area contributed by atoms with Crippen LogP contribution < -0.4 is 0 Å². The SMILES string of the molecule is Cc1cccc(CO[C@@H]2CCC[C@H](OCc3nc(-c4cccc(C(F)(F)F)c4)oc3C)C2)c1C(=O)O. The summed E-state index contributed by atoms with van der Waals surface area (Å²) in [4.78, 5) is 16.0. The van der Waals surface area contributed by atoms with Crippen molar-refractivity contribution in [3.8, 4) is 11.5 Å². The number of ether oxygens (including phenoxy) is 2. The Morgan fingerprint density at radius 1 is 1.08 bits per heavy atom. The minimum Gasteiger partial charge on any atom is -0.478 e. The standard InChI is InChI=1S/C27H28F3NO5/c1-16-6-3-8-19(24(16)26(32)33)14-34-21-10-5-11-22(13-21)35-15-23-17(2)36-25(31-23)18-7-4-9-20(12-18)27(28,29)30/h3-4,6-9,12,21-22H,5,10-11,13-15H2,1-2H3,(H,32,33)/t21-,22+/m1/s1. The second-order valence-electron chi connectivity index (χ2n) is 9.05. The molecule has 6 nitrogen and oxygen atoms in total. The van der Waals surface area contributed by atoms with E-state index in [1.165, 1.54) is 12.1 Å². The van der Waals surface area contributed by atoms with Crippen molar-refractivity contribution in [2.24, 2.45) is 0 Å². The largest absolute Gasteiger partial charge is 0.478 e. The maximum absolute atomic E-state index is 13.0. The van der Waals surface area contributed by atoms with Gasteiger partial charge < -0.3 is 19.0 Å². The van der Waals surface area contributed by atoms with E-state index >= 15 is 0 Å². The first kappa shape index (κ1) is 25.9. The number of halogens is 3. The Bertz CT molecular complexity index is 1220. The molecule has 2 aromatic carbocycles. The lowest BCUT2D eigenvalue weighted by Crippen LogP contribution is -2.28. The number of alkyl halides is 3. The molecule has 36 heavy (non-hydrogen) atoms. The summed E-state index contributed by atoms with van der Waals surface area (Å²) in [5, 5.41) is 9.51. The fourth-order valence-electron chi connectivity index (χ4n) is 4.48. The number of hydrogen-bond acceptors (Lipinski definition) is 5. The van der Waals surface area contributed by atoms with Gasteiger partial charge >= 0.3 is 12.1 Å². The van der Waals surface area contributed by atoms with Crippen molar-refractivity contribution in [1.29, 1.82) is 0 Å². The third-order valence-electron chi connectivity index (χ3n) is 6.41. The van der Waals surface area contributed by atoms with E-state index in [4.69, 9.17) is 13.9 Å². The molecule has 1 fully saturated rings. The Morgan fingerprint density at radius 2 is 1.78 bits per heavy atom. The normalized spacial score (nSPS) is 18.4. The number of carbonyl (C=O) groups is 1. The highest BCUT2D eigenvalue weighted by molar-refractivity contribution is 5.91. The number of aromatic nitrogens is 1. The van der Waals surface area contributed by atoms with Crippen molar-refractivity contribution >= 4 is 5.97 Å². The molecule has 0 saturated heterocycles. The molecule has 1 aromatic heterocycles. The van der Waals surface area contributed by atoms with E-state index in [-0.39, 0.29) is 42.4 Å². The summed E-state index contributed by atoms with van der Waals surface area (Å²) in [5.41, 5.74) is 1.65. The molecule has 192 valence electrons. The highest BCUT2D eigenvalue weighted by Crippen LogP contribution is 2.33. The fraction of sp³-hybridized carbons (Fsp3) is 0.407. The van der Waals surface area contributed by atoms with Gasteiger partial charge in [0.25, 0.3) is 0 Å². The Labute approximate surface area is 207 Å². The summed E-state index contributed by atoms with van der Waals surface area (Å²) in [5.74, 6) is -0.356. The Kier molecular flexibility index (Phi) is 7.80. The van der Waals surface area contributed by atoms with Gasteiger partial charge in [-0.2, -0.15) is 13.2 Å². The van der Waals surface area contributed by atoms with E-state index in [1.54, 1.807) is 26.0 Å². The average Bonchev–Trinajstić information content (AvgIpc) is 3.21. The van der Waals surface area contributed by atoms with Crippen molar-refractivity contribution < 1.29 is 37.0 Å². The zero-order chi connectivity index (χ0) is 25.9. The van der Waals surface area contributed by atoms with Gasteiger partial charge in [-0.25, -0.2) is 9.78 Å². The zero-order valence-electron chi connectivity index (χ0n) is 20.1. The molecule has 0 radical (unpaired) electrons. The van der Waals surface area contributed by atoms with Crippen LogP contribution in [0.4, 0.5) is 13.2 Å². The van der Waals surface area contributed by atoms with Gasteiger partial charge in [0.2, 0.25) is 5.89 Å². The van der Waals surface area contributed by atoms with Crippen LogP contribution in [0.5, 0.6) is 0 Å². The molecule has 4 rings (SSSR count). The van der Waals surface area contributed by atoms with Crippen LogP contribution >= 0.6 is 0 Å². The van der Waals surface area contributed by atoms with Crippen LogP contribution in [0, 0.1) is 13.8 Å². The number of carboxylic acid groups (broad SMARTS) is 1. The molecule has 1 heterocycles. The third kappa shape index (κ3) is 6.14. The van der Waals surface area contributed by atoms with Gasteiger partial charge in [0, 0.05) is 5.56 Å². The third-order valence-corrected chi connectivity index (χ3v) is 6.41. The van der Waals surface area contributed by atoms with E-state index < -0.39 is 17.7 Å². The maximum Gasteiger partial charge on any atom is 0.416 e. The van der Waals surface area contributed by atoms with Crippen LogP contribution in [-0.4, -0.2) is 28.3 Å². The number of aromatic carboxylic acids is 1. The van der Waals surface area contributed by atoms with Crippen LogP contribution in [-0.2, 0) is 28.9 Å². The van der Waals surface area contributed by atoms with E-state index in [9.17, 15) is 23.1 Å². The number of rotatable bonds is 8. The van der Waals surface area contributed by atoms with Crippen molar-refractivity contribution in [1.82, 2.24) is 4.98 Å². The molecular formula is C27H28F3NO5. The van der Waals surface area contributed by atoms with Crippen molar-refractivity contribution in [3.05, 3.63) is 76.2 Å². The minimum absolute atomic E-state index is 0.0648. The fourth-order valence-corrected chi connectivity index (χ4v) is 4.48. The molecule has 0 bridgehead atoms. The van der Waals surface area contributed by atoms with E-state index in [2.05, 4.69) is 4.98 Å². The van der Waals surface area contributed by atoms with Gasteiger partial charge in [-0.1, -0.05) is 24.3 Å². The predicted molar refractivity (Wildman–Crippen MR) is 125 cm³/mol. The van der Waals surface area contributed by atoms with Crippen molar-refractivity contribution in [2.75, 3.05) is 0 Å². The number of oxazole rings is 1. The summed E-state index contributed by atoms with van der Waals surface area (Å²) >= 11 is 0. The molecule has 2 atom stereocenters. The van der Waals surface area contributed by atoms with E-state index in [1.807, 2.05) is 6.07 Å². The van der Waals surface area contributed by atoms with Crippen molar-refractivity contribution in [2.45, 2.75) is 71.1 Å². The number of aryl methyl sites for hydroxylation is 2. The summed E-state index contributed by atoms with van der Waals surface area (Å²) in [6.45, 7) is 3.86. The first-order valence-corrected chi connectivity index (χ1v) is 11.8. The first-order chi connectivity index (χ1) is 17.1. The molecule has 0 spiro atoms. The van der Waals surface area contributed by atoms with Crippen LogP contribution in [0.2, 0.25) is 0 Å². The Morgan fingerprint density at radius 3 is 2.47 bits per heavy atom. The molecule has 1 aliphatic rings. The molecule has 3 aromatic rings. The van der Waals surface area contributed by atoms with Gasteiger partial charge in [-0.15, -0.1) is 0 Å².